The average molecular weight is 762 g/mol. The first-order chi connectivity index (χ1) is 25.0. The van der Waals surface area contributed by atoms with Crippen molar-refractivity contribution in [3.05, 3.63) is 52.3 Å². The van der Waals surface area contributed by atoms with E-state index in [2.05, 4.69) is 20.9 Å². The van der Waals surface area contributed by atoms with E-state index in [-0.39, 0.29) is 35.8 Å². The van der Waals surface area contributed by atoms with Crippen molar-refractivity contribution in [2.45, 2.75) is 44.4 Å². The number of amides is 1. The molecule has 284 valence electrons. The molecule has 0 aliphatic carbocycles. The Morgan fingerprint density at radius 3 is 2.48 bits per heavy atom. The van der Waals surface area contributed by atoms with Gasteiger partial charge < -0.3 is 39.2 Å². The van der Waals surface area contributed by atoms with Crippen LogP contribution in [0.2, 0.25) is 5.02 Å². The second-order valence-electron chi connectivity index (χ2n) is 12.8. The Hall–Kier alpha value is -3.53. The summed E-state index contributed by atoms with van der Waals surface area (Å²) in [5.41, 5.74) is 2.57. The first kappa shape index (κ1) is 39.7. The summed E-state index contributed by atoms with van der Waals surface area (Å²) in [6.07, 6.45) is 9.88. The summed E-state index contributed by atoms with van der Waals surface area (Å²) in [7, 11) is -3.63. The number of benzene rings is 1. The molecule has 3 aromatic rings. The summed E-state index contributed by atoms with van der Waals surface area (Å²) >= 11 is 6.24. The number of carbonyl (C=O) groups excluding carboxylic acids is 1. The van der Waals surface area contributed by atoms with Crippen LogP contribution in [-0.4, -0.2) is 136 Å². The number of β-amino-alcohol motifs (C(OH)–C–C–N with tert-alkyl or cyclic N) is 1. The zero-order valence-electron chi connectivity index (χ0n) is 29.6. The molecule has 2 aliphatic rings. The molecule has 0 saturated carbocycles. The highest BCUT2D eigenvalue weighted by Crippen LogP contribution is 2.34. The first-order valence-electron chi connectivity index (χ1n) is 17.4. The van der Waals surface area contributed by atoms with Crippen LogP contribution in [-0.2, 0) is 29.0 Å². The third-order valence-corrected chi connectivity index (χ3v) is 9.61. The van der Waals surface area contributed by atoms with E-state index in [0.29, 0.717) is 95.2 Å². The third-order valence-electron chi connectivity index (χ3n) is 8.78. The van der Waals surface area contributed by atoms with Crippen molar-refractivity contribution in [2.24, 2.45) is 0 Å². The minimum absolute atomic E-state index is 0.158. The van der Waals surface area contributed by atoms with Crippen LogP contribution >= 0.6 is 11.6 Å². The summed E-state index contributed by atoms with van der Waals surface area (Å²) in [4.78, 5) is 22.7. The predicted octanol–water partition coefficient (Wildman–Crippen LogP) is 2.27. The van der Waals surface area contributed by atoms with Gasteiger partial charge in [-0.3, -0.25) is 9.52 Å². The highest BCUT2D eigenvalue weighted by atomic mass is 35.5. The van der Waals surface area contributed by atoms with Crippen LogP contribution in [0.1, 0.15) is 46.9 Å². The van der Waals surface area contributed by atoms with Gasteiger partial charge in [0.25, 0.3) is 5.91 Å². The van der Waals surface area contributed by atoms with E-state index in [1.165, 1.54) is 12.1 Å². The largest absolute Gasteiger partial charge is 0.390 e. The van der Waals surface area contributed by atoms with Gasteiger partial charge in [-0.15, -0.1) is 6.42 Å². The van der Waals surface area contributed by atoms with Gasteiger partial charge in [-0.1, -0.05) is 17.5 Å². The number of aryl methyl sites for hydroxylation is 1. The number of piperidine rings is 1. The number of carbonyl (C=O) groups is 1. The normalized spacial score (nSPS) is 19.3. The first-order valence-corrected chi connectivity index (χ1v) is 19.7. The molecular weight excluding hydrogens is 714 g/mol. The number of ether oxygens (including phenoxy) is 4. The van der Waals surface area contributed by atoms with E-state index < -0.39 is 16.1 Å². The number of aromatic nitrogens is 3. The highest BCUT2D eigenvalue weighted by molar-refractivity contribution is 7.92. The van der Waals surface area contributed by atoms with E-state index in [4.69, 9.17) is 47.1 Å². The fourth-order valence-corrected chi connectivity index (χ4v) is 7.14. The molecule has 2 aromatic heterocycles. The molecule has 0 radical (unpaired) electrons. The lowest BCUT2D eigenvalue weighted by atomic mass is 9.98. The number of halogens is 1. The second-order valence-corrected chi connectivity index (χ2v) is 15.0. The Bertz CT molecular complexity index is 1800. The number of aliphatic hydroxyl groups is 1. The lowest BCUT2D eigenvalue weighted by Crippen LogP contribution is -2.40. The van der Waals surface area contributed by atoms with Crippen molar-refractivity contribution < 1.29 is 37.3 Å². The molecule has 3 atom stereocenters. The summed E-state index contributed by atoms with van der Waals surface area (Å²) in [5, 5.41) is 19.4. The molecule has 15 nitrogen and oxygen atoms in total. The molecule has 4 heterocycles. The van der Waals surface area contributed by atoms with Crippen molar-refractivity contribution >= 4 is 44.7 Å². The number of aliphatic hydroxyl groups excluding tert-OH is 1. The van der Waals surface area contributed by atoms with E-state index in [0.717, 1.165) is 30.5 Å². The molecule has 5 rings (SSSR count). The van der Waals surface area contributed by atoms with Gasteiger partial charge in [-0.2, -0.15) is 5.10 Å². The van der Waals surface area contributed by atoms with Crippen LogP contribution in [0.5, 0.6) is 0 Å². The Kier molecular flexibility index (Phi) is 14.5. The minimum Gasteiger partial charge on any atom is -0.390 e. The summed E-state index contributed by atoms with van der Waals surface area (Å²) in [6.45, 7) is 7.55. The van der Waals surface area contributed by atoms with E-state index in [1.54, 1.807) is 15.5 Å². The zero-order valence-corrected chi connectivity index (χ0v) is 31.2. The van der Waals surface area contributed by atoms with Crippen molar-refractivity contribution in [1.29, 1.82) is 0 Å². The fraction of sp³-hybridized carbons (Fsp3) is 0.571. The van der Waals surface area contributed by atoms with Crippen LogP contribution in [0, 0.1) is 19.3 Å². The van der Waals surface area contributed by atoms with E-state index >= 15 is 0 Å². The maximum Gasteiger partial charge on any atom is 0.256 e. The van der Waals surface area contributed by atoms with Crippen LogP contribution < -0.4 is 14.9 Å². The number of anilines is 2. The summed E-state index contributed by atoms with van der Waals surface area (Å²) in [5.74, 6) is 2.83. The van der Waals surface area contributed by atoms with Crippen LogP contribution in [0.15, 0.2) is 30.5 Å². The number of hydrogen-bond donors (Lipinski definition) is 3. The Morgan fingerprint density at radius 2 is 1.77 bits per heavy atom. The summed E-state index contributed by atoms with van der Waals surface area (Å²) < 4.78 is 49.9. The lowest BCUT2D eigenvalue weighted by molar-refractivity contribution is 0.00134. The molecule has 1 aromatic carbocycles. The van der Waals surface area contributed by atoms with Gasteiger partial charge in [-0.25, -0.2) is 17.9 Å². The number of nitrogens with one attached hydrogen (secondary N) is 2. The molecule has 3 N–H and O–H groups in total. The number of fused-ring (bicyclic) bond motifs is 1. The van der Waals surface area contributed by atoms with Gasteiger partial charge in [-0.05, 0) is 44.4 Å². The Morgan fingerprint density at radius 1 is 1.06 bits per heavy atom. The van der Waals surface area contributed by atoms with Gasteiger partial charge in [0.1, 0.15) is 12.4 Å². The molecule has 1 amide bonds. The van der Waals surface area contributed by atoms with Gasteiger partial charge in [0.2, 0.25) is 10.0 Å². The van der Waals surface area contributed by atoms with Crippen molar-refractivity contribution in [3.63, 3.8) is 0 Å². The quantitative estimate of drug-likeness (QED) is 0.121. The molecule has 52 heavy (non-hydrogen) atoms. The van der Waals surface area contributed by atoms with E-state index in [9.17, 15) is 18.3 Å². The smallest absolute Gasteiger partial charge is 0.256 e. The molecule has 17 heteroatoms. The molecule has 2 fully saturated rings. The molecule has 0 unspecified atom stereocenters. The third kappa shape index (κ3) is 11.0. The highest BCUT2D eigenvalue weighted by Gasteiger charge is 2.34. The number of terminal acetylenes is 1. The maximum absolute atomic E-state index is 13.9. The number of sulfonamides is 1. The maximum atomic E-state index is 13.9. The number of nitrogens with zero attached hydrogens (tertiary/aromatic N) is 5. The lowest BCUT2D eigenvalue weighted by Gasteiger charge is -2.35. The number of rotatable bonds is 19. The van der Waals surface area contributed by atoms with Crippen molar-refractivity contribution in [2.75, 3.05) is 94.9 Å². The monoisotopic (exact) mass is 761 g/mol. The molecule has 0 bridgehead atoms. The average Bonchev–Trinajstić information content (AvgIpc) is 3.70. The SMILES string of the molecule is C#CCOCCOCCOCCOCCN[C@@H]1CN(c2nc3cc([C@@H]4CCCCN4C(=O)c4cc(Cl)ccc4NS(C)(=O)=O)nn3cc2C)C[C@@H]1O. The van der Waals surface area contributed by atoms with Gasteiger partial charge in [0, 0.05) is 49.0 Å². The summed E-state index contributed by atoms with van der Waals surface area (Å²) in [6, 6.07) is 5.92. The standard InChI is InChI=1S/C35H48ClN7O8S/c1-4-12-48-14-16-50-18-19-51-17-15-49-13-10-37-30-23-41(24-32(30)44)34-25(2)22-43-33(38-34)21-29(39-43)31-7-5-6-11-42(31)35(45)27-20-26(36)8-9-28(27)40-52(3,46)47/h1,8-9,20-22,30-32,37,40,44H,5-7,10-19,23-24H2,2-3H3/t30-,31+,32+/m1/s1. The number of likely N-dealkylation sites (tertiary alicyclic amines) is 1. The molecule has 2 saturated heterocycles. The van der Waals surface area contributed by atoms with Gasteiger partial charge in [0.05, 0.1) is 87.6 Å². The van der Waals surface area contributed by atoms with Crippen LogP contribution in [0.4, 0.5) is 11.5 Å². The van der Waals surface area contributed by atoms with Crippen LogP contribution in [0.25, 0.3) is 5.65 Å². The van der Waals surface area contributed by atoms with Gasteiger partial charge in [0.15, 0.2) is 5.65 Å². The zero-order chi connectivity index (χ0) is 37.1. The topological polar surface area (TPSA) is 169 Å². The molecular formula is C35H48ClN7O8S. The predicted molar refractivity (Wildman–Crippen MR) is 197 cm³/mol. The van der Waals surface area contributed by atoms with Crippen molar-refractivity contribution in [1.82, 2.24) is 24.8 Å². The Balaban J connectivity index is 1.14. The number of hydrogen-bond acceptors (Lipinski definition) is 12. The fourth-order valence-electron chi connectivity index (χ4n) is 6.39. The van der Waals surface area contributed by atoms with Crippen molar-refractivity contribution in [3.8, 4) is 12.3 Å². The Labute approximate surface area is 309 Å². The minimum atomic E-state index is -3.63. The van der Waals surface area contributed by atoms with Gasteiger partial charge >= 0.3 is 0 Å². The molecule has 2 aliphatic heterocycles. The second kappa shape index (κ2) is 19.0. The van der Waals surface area contributed by atoms with E-state index in [1.807, 2.05) is 19.2 Å². The van der Waals surface area contributed by atoms with Crippen LogP contribution in [0.3, 0.4) is 0 Å². The molecule has 0 spiro atoms.